The van der Waals surface area contributed by atoms with Crippen molar-refractivity contribution in [1.82, 2.24) is 0 Å². The lowest BCUT2D eigenvalue weighted by Gasteiger charge is -2.12. The maximum absolute atomic E-state index is 9.62. The SMILES string of the molecule is CCCCCCC=CCCCCCCCCOP(O)(=S)CC. The van der Waals surface area contributed by atoms with Gasteiger partial charge in [0.05, 0.1) is 6.61 Å². The monoisotopic (exact) mass is 348 g/mol. The van der Waals surface area contributed by atoms with Crippen molar-refractivity contribution < 1.29 is 9.42 Å². The summed E-state index contributed by atoms with van der Waals surface area (Å²) in [6.07, 6.45) is 20.7. The van der Waals surface area contributed by atoms with Gasteiger partial charge in [-0.15, -0.1) is 0 Å². The van der Waals surface area contributed by atoms with Crippen molar-refractivity contribution in [3.63, 3.8) is 0 Å². The minimum Gasteiger partial charge on any atom is -0.345 e. The molecule has 0 rings (SSSR count). The molecule has 0 aromatic heterocycles. The van der Waals surface area contributed by atoms with Gasteiger partial charge in [-0.25, -0.2) is 0 Å². The van der Waals surface area contributed by atoms with Crippen LogP contribution in [-0.4, -0.2) is 17.7 Å². The molecule has 0 radical (unpaired) electrons. The van der Waals surface area contributed by atoms with Gasteiger partial charge in [-0.05, 0) is 43.9 Å². The Kier molecular flexibility index (Phi) is 16.4. The second-order valence-corrected chi connectivity index (χ2v) is 9.89. The van der Waals surface area contributed by atoms with Crippen LogP contribution in [0.25, 0.3) is 0 Å². The number of hydrogen-bond donors (Lipinski definition) is 1. The van der Waals surface area contributed by atoms with Crippen LogP contribution in [0.3, 0.4) is 0 Å². The maximum Gasteiger partial charge on any atom is 0.185 e. The normalized spacial score (nSPS) is 14.5. The van der Waals surface area contributed by atoms with Crippen molar-refractivity contribution in [2.24, 2.45) is 0 Å². The van der Waals surface area contributed by atoms with Crippen molar-refractivity contribution in [1.29, 1.82) is 0 Å². The summed E-state index contributed by atoms with van der Waals surface area (Å²) in [4.78, 5) is 9.62. The number of hydrogen-bond acceptors (Lipinski definition) is 2. The minimum atomic E-state index is -2.43. The highest BCUT2D eigenvalue weighted by atomic mass is 32.5. The van der Waals surface area contributed by atoms with E-state index in [1.807, 2.05) is 6.92 Å². The molecule has 0 aliphatic rings. The Hall–Kier alpha value is 0.310. The highest BCUT2D eigenvalue weighted by Crippen LogP contribution is 2.41. The first-order chi connectivity index (χ1) is 10.6. The smallest absolute Gasteiger partial charge is 0.185 e. The van der Waals surface area contributed by atoms with Gasteiger partial charge in [-0.1, -0.05) is 70.9 Å². The predicted octanol–water partition coefficient (Wildman–Crippen LogP) is 6.58. The zero-order chi connectivity index (χ0) is 16.5. The highest BCUT2D eigenvalue weighted by Gasteiger charge is 2.08. The molecule has 0 aliphatic carbocycles. The molecule has 1 atom stereocenters. The molecule has 0 heterocycles. The van der Waals surface area contributed by atoms with Gasteiger partial charge in [-0.2, -0.15) is 0 Å². The summed E-state index contributed by atoms with van der Waals surface area (Å²) in [6.45, 7) is 2.34. The third-order valence-electron chi connectivity index (χ3n) is 3.85. The summed E-state index contributed by atoms with van der Waals surface area (Å²) in [6, 6.07) is 0. The molecule has 0 saturated heterocycles. The Morgan fingerprint density at radius 3 is 1.86 bits per heavy atom. The Bertz CT molecular complexity index is 305. The average molecular weight is 349 g/mol. The molecular formula is C18H37O2PS. The number of allylic oxidation sites excluding steroid dienone is 2. The molecule has 0 spiro atoms. The van der Waals surface area contributed by atoms with E-state index in [4.69, 9.17) is 16.3 Å². The average Bonchev–Trinajstić information content (AvgIpc) is 2.51. The van der Waals surface area contributed by atoms with E-state index in [9.17, 15) is 4.89 Å². The fourth-order valence-corrected chi connectivity index (χ4v) is 3.12. The van der Waals surface area contributed by atoms with Crippen molar-refractivity contribution in [2.75, 3.05) is 12.8 Å². The quantitative estimate of drug-likeness (QED) is 0.194. The van der Waals surface area contributed by atoms with E-state index in [0.717, 1.165) is 6.42 Å². The fourth-order valence-electron chi connectivity index (χ4n) is 2.29. The highest BCUT2D eigenvalue weighted by molar-refractivity contribution is 8.09. The molecular weight excluding hydrogens is 311 g/mol. The molecule has 0 aromatic carbocycles. The lowest BCUT2D eigenvalue weighted by molar-refractivity contribution is 0.297. The molecule has 132 valence electrons. The van der Waals surface area contributed by atoms with Crippen LogP contribution < -0.4 is 0 Å². The second kappa shape index (κ2) is 16.2. The van der Waals surface area contributed by atoms with E-state index in [1.54, 1.807) is 0 Å². The van der Waals surface area contributed by atoms with Crippen LogP contribution in [0.2, 0.25) is 0 Å². The Labute approximate surface area is 143 Å². The van der Waals surface area contributed by atoms with Crippen LogP contribution in [-0.2, 0) is 16.3 Å². The summed E-state index contributed by atoms with van der Waals surface area (Å²) < 4.78 is 5.36. The molecule has 0 bridgehead atoms. The molecule has 0 saturated carbocycles. The van der Waals surface area contributed by atoms with Crippen LogP contribution in [0.15, 0.2) is 12.2 Å². The Balaban J connectivity index is 3.17. The first-order valence-corrected chi connectivity index (χ1v) is 12.1. The van der Waals surface area contributed by atoms with Gasteiger partial charge in [0.15, 0.2) is 6.49 Å². The zero-order valence-electron chi connectivity index (χ0n) is 14.8. The molecule has 0 aliphatic heterocycles. The third kappa shape index (κ3) is 16.7. The number of rotatable bonds is 16. The third-order valence-corrected chi connectivity index (χ3v) is 6.32. The van der Waals surface area contributed by atoms with Crippen molar-refractivity contribution in [2.45, 2.75) is 90.9 Å². The molecule has 2 nitrogen and oxygen atoms in total. The predicted molar refractivity (Wildman–Crippen MR) is 103 cm³/mol. The molecule has 0 aromatic rings. The van der Waals surface area contributed by atoms with Crippen molar-refractivity contribution >= 4 is 18.3 Å². The molecule has 1 unspecified atom stereocenters. The van der Waals surface area contributed by atoms with E-state index < -0.39 is 6.49 Å². The lowest BCUT2D eigenvalue weighted by atomic mass is 10.1. The summed E-state index contributed by atoms with van der Waals surface area (Å²) in [7, 11) is 0. The largest absolute Gasteiger partial charge is 0.345 e. The molecule has 1 N–H and O–H groups in total. The van der Waals surface area contributed by atoms with E-state index in [1.165, 1.54) is 70.6 Å². The van der Waals surface area contributed by atoms with E-state index >= 15 is 0 Å². The number of unbranched alkanes of at least 4 members (excludes halogenated alkanes) is 10. The van der Waals surface area contributed by atoms with Crippen LogP contribution in [0.1, 0.15) is 90.9 Å². The summed E-state index contributed by atoms with van der Waals surface area (Å²) in [5.74, 6) is 0. The zero-order valence-corrected chi connectivity index (χ0v) is 16.5. The summed E-state index contributed by atoms with van der Waals surface area (Å²) >= 11 is 4.98. The Morgan fingerprint density at radius 2 is 1.32 bits per heavy atom. The van der Waals surface area contributed by atoms with Gasteiger partial charge in [0.2, 0.25) is 0 Å². The van der Waals surface area contributed by atoms with E-state index in [2.05, 4.69) is 19.1 Å². The van der Waals surface area contributed by atoms with Gasteiger partial charge >= 0.3 is 0 Å². The minimum absolute atomic E-state index is 0.578. The molecule has 0 fully saturated rings. The van der Waals surface area contributed by atoms with Crippen LogP contribution in [0.4, 0.5) is 0 Å². The lowest BCUT2D eigenvalue weighted by Crippen LogP contribution is -1.94. The van der Waals surface area contributed by atoms with Crippen molar-refractivity contribution in [3.8, 4) is 0 Å². The van der Waals surface area contributed by atoms with Gasteiger partial charge in [0, 0.05) is 6.16 Å². The summed E-state index contributed by atoms with van der Waals surface area (Å²) in [5.41, 5.74) is 0. The summed E-state index contributed by atoms with van der Waals surface area (Å²) in [5, 5.41) is 0. The van der Waals surface area contributed by atoms with Gasteiger partial charge in [0.1, 0.15) is 0 Å². The Morgan fingerprint density at radius 1 is 0.818 bits per heavy atom. The molecule has 0 amide bonds. The first kappa shape index (κ1) is 22.3. The second-order valence-electron chi connectivity index (χ2n) is 6.02. The van der Waals surface area contributed by atoms with Crippen LogP contribution in [0.5, 0.6) is 0 Å². The van der Waals surface area contributed by atoms with Gasteiger partial charge in [0.25, 0.3) is 0 Å². The van der Waals surface area contributed by atoms with E-state index in [-0.39, 0.29) is 0 Å². The fraction of sp³-hybridized carbons (Fsp3) is 0.889. The molecule has 22 heavy (non-hydrogen) atoms. The topological polar surface area (TPSA) is 29.5 Å². The standard InChI is InChI=1S/C18H37O2PS/c1-3-5-6-7-8-9-10-11-12-13-14-15-16-17-18-20-21(19,22)4-2/h9-10H,3-8,11-18H2,1-2H3,(H,19,22). The van der Waals surface area contributed by atoms with Gasteiger partial charge in [-0.3, -0.25) is 0 Å². The maximum atomic E-state index is 9.62. The van der Waals surface area contributed by atoms with Crippen LogP contribution >= 0.6 is 6.49 Å². The molecule has 4 heteroatoms. The van der Waals surface area contributed by atoms with E-state index in [0.29, 0.717) is 12.8 Å². The van der Waals surface area contributed by atoms with Crippen molar-refractivity contribution in [3.05, 3.63) is 12.2 Å². The van der Waals surface area contributed by atoms with Gasteiger partial charge < -0.3 is 9.42 Å². The first-order valence-electron chi connectivity index (χ1n) is 9.23. The van der Waals surface area contributed by atoms with Crippen LogP contribution in [0, 0.1) is 0 Å².